The van der Waals surface area contributed by atoms with E-state index >= 15 is 0 Å². The second-order valence-corrected chi connectivity index (χ2v) is 7.83. The molecule has 118 valence electrons. The molecule has 0 unspecified atom stereocenters. The Balaban J connectivity index is 1.34. The number of aromatic nitrogens is 3. The molecule has 0 spiro atoms. The zero-order valence-electron chi connectivity index (χ0n) is 13.2. The number of likely N-dealkylation sites (tertiary alicyclic amines) is 1. The third-order valence-electron chi connectivity index (χ3n) is 4.69. The van der Waals surface area contributed by atoms with Crippen molar-refractivity contribution in [1.29, 1.82) is 0 Å². The lowest BCUT2D eigenvalue weighted by Gasteiger charge is -2.30. The second kappa shape index (κ2) is 5.74. The molecule has 0 bridgehead atoms. The summed E-state index contributed by atoms with van der Waals surface area (Å²) in [5, 5.41) is 9.67. The summed E-state index contributed by atoms with van der Waals surface area (Å²) in [6, 6.07) is 0. The van der Waals surface area contributed by atoms with E-state index in [1.54, 1.807) is 0 Å². The maximum atomic E-state index is 5.87. The normalized spacial score (nSPS) is 20.6. The fraction of sp³-hybridized carbons (Fsp3) is 0.688. The molecule has 0 aromatic carbocycles. The SMILES string of the molecule is Cc1nc(C)c(CN2CCC(c3nnc(C4CC4)o3)CC2)s1. The molecule has 6 heteroatoms. The van der Waals surface area contributed by atoms with Gasteiger partial charge in [0, 0.05) is 23.3 Å². The Labute approximate surface area is 134 Å². The maximum absolute atomic E-state index is 5.87. The van der Waals surface area contributed by atoms with Crippen molar-refractivity contribution in [3.63, 3.8) is 0 Å². The highest BCUT2D eigenvalue weighted by molar-refractivity contribution is 7.11. The largest absolute Gasteiger partial charge is 0.425 e. The Kier molecular flexibility index (Phi) is 3.74. The topological polar surface area (TPSA) is 55.1 Å². The van der Waals surface area contributed by atoms with Crippen LogP contribution in [0.1, 0.15) is 64.9 Å². The third kappa shape index (κ3) is 2.94. The van der Waals surface area contributed by atoms with Crippen LogP contribution in [0.15, 0.2) is 4.42 Å². The van der Waals surface area contributed by atoms with E-state index < -0.39 is 0 Å². The second-order valence-electron chi connectivity index (χ2n) is 6.54. The molecule has 0 radical (unpaired) electrons. The molecular weight excluding hydrogens is 296 g/mol. The molecule has 2 aromatic rings. The lowest BCUT2D eigenvalue weighted by molar-refractivity contribution is 0.193. The van der Waals surface area contributed by atoms with Crippen molar-refractivity contribution in [3.05, 3.63) is 27.4 Å². The lowest BCUT2D eigenvalue weighted by atomic mass is 9.97. The number of hydrogen-bond donors (Lipinski definition) is 0. The van der Waals surface area contributed by atoms with Gasteiger partial charge in [-0.3, -0.25) is 4.90 Å². The number of rotatable bonds is 4. The van der Waals surface area contributed by atoms with Gasteiger partial charge in [-0.1, -0.05) is 0 Å². The molecule has 5 nitrogen and oxygen atoms in total. The Morgan fingerprint density at radius 3 is 2.23 bits per heavy atom. The summed E-state index contributed by atoms with van der Waals surface area (Å²) in [6.07, 6.45) is 4.66. The molecule has 0 N–H and O–H groups in total. The van der Waals surface area contributed by atoms with Crippen molar-refractivity contribution in [2.24, 2.45) is 0 Å². The van der Waals surface area contributed by atoms with Gasteiger partial charge in [-0.2, -0.15) is 0 Å². The van der Waals surface area contributed by atoms with Crippen LogP contribution in [0.4, 0.5) is 0 Å². The molecule has 2 fully saturated rings. The molecule has 1 saturated carbocycles. The van der Waals surface area contributed by atoms with E-state index in [0.717, 1.165) is 44.3 Å². The molecule has 1 saturated heterocycles. The van der Waals surface area contributed by atoms with Crippen LogP contribution in [0.25, 0.3) is 0 Å². The molecule has 1 aliphatic carbocycles. The van der Waals surface area contributed by atoms with Crippen molar-refractivity contribution < 1.29 is 4.42 Å². The Morgan fingerprint density at radius 1 is 1.05 bits per heavy atom. The highest BCUT2D eigenvalue weighted by Gasteiger charge is 2.31. The van der Waals surface area contributed by atoms with Gasteiger partial charge < -0.3 is 4.42 Å². The van der Waals surface area contributed by atoms with Gasteiger partial charge in [0.05, 0.1) is 10.7 Å². The van der Waals surface area contributed by atoms with E-state index in [9.17, 15) is 0 Å². The van der Waals surface area contributed by atoms with Gasteiger partial charge in [0.1, 0.15) is 0 Å². The van der Waals surface area contributed by atoms with E-state index in [1.165, 1.54) is 28.4 Å². The number of hydrogen-bond acceptors (Lipinski definition) is 6. The van der Waals surface area contributed by atoms with Gasteiger partial charge in [-0.15, -0.1) is 21.5 Å². The Morgan fingerprint density at radius 2 is 1.68 bits per heavy atom. The van der Waals surface area contributed by atoms with E-state index in [4.69, 9.17) is 4.42 Å². The average Bonchev–Trinajstić information content (AvgIpc) is 3.16. The first-order valence-electron chi connectivity index (χ1n) is 8.17. The van der Waals surface area contributed by atoms with Crippen LogP contribution in [-0.4, -0.2) is 33.2 Å². The summed E-state index contributed by atoms with van der Waals surface area (Å²) in [7, 11) is 0. The first-order valence-corrected chi connectivity index (χ1v) is 8.99. The van der Waals surface area contributed by atoms with Crippen LogP contribution in [0.3, 0.4) is 0 Å². The molecule has 2 aliphatic rings. The fourth-order valence-corrected chi connectivity index (χ4v) is 4.15. The summed E-state index contributed by atoms with van der Waals surface area (Å²) < 4.78 is 5.87. The van der Waals surface area contributed by atoms with Crippen LogP contribution in [0.2, 0.25) is 0 Å². The van der Waals surface area contributed by atoms with Crippen molar-refractivity contribution in [3.8, 4) is 0 Å². The van der Waals surface area contributed by atoms with Crippen molar-refractivity contribution in [2.45, 2.75) is 57.9 Å². The zero-order valence-corrected chi connectivity index (χ0v) is 14.0. The van der Waals surface area contributed by atoms with E-state index in [1.807, 2.05) is 11.3 Å². The molecule has 22 heavy (non-hydrogen) atoms. The maximum Gasteiger partial charge on any atom is 0.219 e. The monoisotopic (exact) mass is 318 g/mol. The number of thiazole rings is 1. The van der Waals surface area contributed by atoms with Crippen LogP contribution in [-0.2, 0) is 6.54 Å². The van der Waals surface area contributed by atoms with Crippen LogP contribution >= 0.6 is 11.3 Å². The number of aryl methyl sites for hydroxylation is 2. The van der Waals surface area contributed by atoms with Gasteiger partial charge >= 0.3 is 0 Å². The third-order valence-corrected chi connectivity index (χ3v) is 5.74. The van der Waals surface area contributed by atoms with Gasteiger partial charge in [0.25, 0.3) is 0 Å². The van der Waals surface area contributed by atoms with Gasteiger partial charge in [-0.25, -0.2) is 4.98 Å². The summed E-state index contributed by atoms with van der Waals surface area (Å²) in [5.41, 5.74) is 1.19. The summed E-state index contributed by atoms with van der Waals surface area (Å²) in [6.45, 7) is 7.43. The van der Waals surface area contributed by atoms with Gasteiger partial charge in [-0.05, 0) is 52.6 Å². The quantitative estimate of drug-likeness (QED) is 0.865. The summed E-state index contributed by atoms with van der Waals surface area (Å²) in [5.74, 6) is 2.74. The number of nitrogens with zero attached hydrogens (tertiary/aromatic N) is 4. The van der Waals surface area contributed by atoms with E-state index in [0.29, 0.717) is 11.8 Å². The number of piperidine rings is 1. The first-order chi connectivity index (χ1) is 10.7. The van der Waals surface area contributed by atoms with Crippen molar-refractivity contribution in [2.75, 3.05) is 13.1 Å². The smallest absolute Gasteiger partial charge is 0.219 e. The predicted molar refractivity (Wildman–Crippen MR) is 85.1 cm³/mol. The van der Waals surface area contributed by atoms with Gasteiger partial charge in [0.15, 0.2) is 0 Å². The highest BCUT2D eigenvalue weighted by atomic mass is 32.1. The minimum absolute atomic E-state index is 0.445. The minimum Gasteiger partial charge on any atom is -0.425 e. The molecule has 4 rings (SSSR count). The van der Waals surface area contributed by atoms with Crippen LogP contribution < -0.4 is 0 Å². The average molecular weight is 318 g/mol. The zero-order chi connectivity index (χ0) is 15.1. The van der Waals surface area contributed by atoms with Crippen LogP contribution in [0, 0.1) is 13.8 Å². The molecule has 1 aliphatic heterocycles. The van der Waals surface area contributed by atoms with Crippen molar-refractivity contribution in [1.82, 2.24) is 20.1 Å². The summed E-state index contributed by atoms with van der Waals surface area (Å²) in [4.78, 5) is 8.45. The standard InChI is InChI=1S/C16H22N4OS/c1-10-14(22-11(2)17-10)9-20-7-5-13(6-8-20)16-19-18-15(21-16)12-3-4-12/h12-13H,3-9H2,1-2H3. The molecule has 0 atom stereocenters. The molecule has 2 aromatic heterocycles. The predicted octanol–water partition coefficient (Wildman–Crippen LogP) is 3.40. The van der Waals surface area contributed by atoms with E-state index in [-0.39, 0.29) is 0 Å². The van der Waals surface area contributed by atoms with Crippen LogP contribution in [0.5, 0.6) is 0 Å². The molecular formula is C16H22N4OS. The van der Waals surface area contributed by atoms with Crippen molar-refractivity contribution >= 4 is 11.3 Å². The first kappa shape index (κ1) is 14.3. The lowest BCUT2D eigenvalue weighted by Crippen LogP contribution is -2.32. The minimum atomic E-state index is 0.445. The van der Waals surface area contributed by atoms with Gasteiger partial charge in [0.2, 0.25) is 11.8 Å². The molecule has 0 amide bonds. The Hall–Kier alpha value is -1.27. The Bertz CT molecular complexity index is 653. The fourth-order valence-electron chi connectivity index (χ4n) is 3.17. The summed E-state index contributed by atoms with van der Waals surface area (Å²) >= 11 is 1.83. The highest BCUT2D eigenvalue weighted by Crippen LogP contribution is 2.40. The van der Waals surface area contributed by atoms with E-state index in [2.05, 4.69) is 33.9 Å². The molecule has 3 heterocycles.